The van der Waals surface area contributed by atoms with Crippen LogP contribution in [-0.2, 0) is 22.5 Å². The van der Waals surface area contributed by atoms with E-state index in [1.54, 1.807) is 0 Å². The molecule has 0 saturated heterocycles. The van der Waals surface area contributed by atoms with Crippen LogP contribution >= 0.6 is 0 Å². The van der Waals surface area contributed by atoms with Crippen molar-refractivity contribution in [2.24, 2.45) is 5.73 Å². The second-order valence-electron chi connectivity index (χ2n) is 7.67. The molecule has 0 aliphatic carbocycles. The summed E-state index contributed by atoms with van der Waals surface area (Å²) in [6, 6.07) is 18.3. The lowest BCUT2D eigenvalue weighted by Gasteiger charge is -2.13. The number of nitrogens with zero attached hydrogens (tertiary/aromatic N) is 1. The van der Waals surface area contributed by atoms with Gasteiger partial charge in [0.05, 0.1) is 19.1 Å². The number of ether oxygens (including phenoxy) is 1. The first kappa shape index (κ1) is 22.3. The first-order valence-corrected chi connectivity index (χ1v) is 10.7. The molecule has 0 spiro atoms. The van der Waals surface area contributed by atoms with Gasteiger partial charge in [-0.15, -0.1) is 0 Å². The lowest BCUT2D eigenvalue weighted by molar-refractivity contribution is -0.140. The molecule has 5 nitrogen and oxygen atoms in total. The van der Waals surface area contributed by atoms with E-state index >= 15 is 0 Å². The van der Waals surface area contributed by atoms with Crippen molar-refractivity contribution in [1.82, 2.24) is 4.57 Å². The second kappa shape index (κ2) is 10.1. The molecule has 0 bridgehead atoms. The summed E-state index contributed by atoms with van der Waals surface area (Å²) in [6.45, 7) is 4.84. The number of unbranched alkanes of at least 4 members (excludes halogenated alkanes) is 1. The number of hydrogen-bond donors (Lipinski definition) is 1. The molecule has 0 unspecified atom stereocenters. The fraction of sp³-hybridized carbons (Fsp3) is 0.308. The molecular formula is C26H30N2O3. The Kier molecular flexibility index (Phi) is 7.29. The number of aromatic nitrogens is 1. The number of carbonyl (C=O) groups is 2. The average Bonchev–Trinajstić information content (AvgIpc) is 3.08. The molecule has 1 aromatic heterocycles. The molecule has 1 heterocycles. The zero-order chi connectivity index (χ0) is 22.4. The Labute approximate surface area is 183 Å². The summed E-state index contributed by atoms with van der Waals surface area (Å²) in [5, 5.41) is 0. The van der Waals surface area contributed by atoms with E-state index in [1.807, 2.05) is 37.3 Å². The van der Waals surface area contributed by atoms with Crippen molar-refractivity contribution in [3.05, 3.63) is 71.5 Å². The van der Waals surface area contributed by atoms with Gasteiger partial charge in [0.25, 0.3) is 5.91 Å². The highest BCUT2D eigenvalue weighted by molar-refractivity contribution is 6.02. The number of amides is 1. The van der Waals surface area contributed by atoms with Crippen LogP contribution in [-0.4, -0.2) is 23.6 Å². The van der Waals surface area contributed by atoms with Gasteiger partial charge in [0.15, 0.2) is 0 Å². The van der Waals surface area contributed by atoms with Crippen LogP contribution in [0.15, 0.2) is 54.6 Å². The Balaban J connectivity index is 2.12. The molecule has 0 radical (unpaired) electrons. The Morgan fingerprint density at radius 1 is 0.968 bits per heavy atom. The minimum Gasteiger partial charge on any atom is -0.469 e. The highest BCUT2D eigenvalue weighted by atomic mass is 16.5. The third kappa shape index (κ3) is 4.88. The zero-order valence-corrected chi connectivity index (χ0v) is 18.5. The van der Waals surface area contributed by atoms with Gasteiger partial charge in [0.2, 0.25) is 0 Å². The summed E-state index contributed by atoms with van der Waals surface area (Å²) in [6.07, 6.45) is 2.74. The quantitative estimate of drug-likeness (QED) is 0.489. The molecule has 5 heteroatoms. The molecule has 0 saturated carbocycles. The van der Waals surface area contributed by atoms with Gasteiger partial charge in [0, 0.05) is 23.5 Å². The summed E-state index contributed by atoms with van der Waals surface area (Å²) >= 11 is 0. The van der Waals surface area contributed by atoms with Gasteiger partial charge < -0.3 is 15.0 Å². The second-order valence-corrected chi connectivity index (χ2v) is 7.67. The van der Waals surface area contributed by atoms with E-state index in [0.29, 0.717) is 12.0 Å². The number of esters is 1. The van der Waals surface area contributed by atoms with Gasteiger partial charge in [-0.25, -0.2) is 0 Å². The number of primary amides is 1. The predicted molar refractivity (Wildman–Crippen MR) is 124 cm³/mol. The third-order valence-electron chi connectivity index (χ3n) is 5.69. The molecule has 2 aromatic carbocycles. The third-order valence-corrected chi connectivity index (χ3v) is 5.69. The van der Waals surface area contributed by atoms with Crippen LogP contribution in [0.25, 0.3) is 22.3 Å². The van der Waals surface area contributed by atoms with Crippen LogP contribution in [0.2, 0.25) is 0 Å². The zero-order valence-electron chi connectivity index (χ0n) is 18.5. The summed E-state index contributed by atoms with van der Waals surface area (Å²) in [4.78, 5) is 24.3. The Morgan fingerprint density at radius 2 is 1.58 bits per heavy atom. The van der Waals surface area contributed by atoms with E-state index in [4.69, 9.17) is 10.5 Å². The van der Waals surface area contributed by atoms with Crippen molar-refractivity contribution in [3.8, 4) is 22.3 Å². The maximum atomic E-state index is 12.5. The van der Waals surface area contributed by atoms with Gasteiger partial charge in [-0.05, 0) is 36.5 Å². The standard InChI is InChI=1S/C26H30N2O3/c1-4-5-17-28-18(2)24(26(27)30)25(22(28)15-16-23(29)31-3)21-13-11-20(12-14-21)19-9-7-6-8-10-19/h6-14H,4-5,15-17H2,1-3H3,(H2,27,30). The molecule has 3 aromatic rings. The highest BCUT2D eigenvalue weighted by Gasteiger charge is 2.25. The molecular weight excluding hydrogens is 388 g/mol. The summed E-state index contributed by atoms with van der Waals surface area (Å²) < 4.78 is 6.99. The van der Waals surface area contributed by atoms with Crippen LogP contribution in [0.4, 0.5) is 0 Å². The number of rotatable bonds is 9. The molecule has 2 N–H and O–H groups in total. The fourth-order valence-electron chi connectivity index (χ4n) is 4.07. The van der Waals surface area contributed by atoms with E-state index in [-0.39, 0.29) is 12.4 Å². The smallest absolute Gasteiger partial charge is 0.305 e. The first-order valence-electron chi connectivity index (χ1n) is 10.7. The van der Waals surface area contributed by atoms with E-state index in [2.05, 4.69) is 35.8 Å². The van der Waals surface area contributed by atoms with Crippen LogP contribution in [0.5, 0.6) is 0 Å². The summed E-state index contributed by atoms with van der Waals surface area (Å²) in [5.74, 6) is -0.721. The first-order chi connectivity index (χ1) is 15.0. The van der Waals surface area contributed by atoms with Crippen molar-refractivity contribution in [2.45, 2.75) is 46.1 Å². The lowest BCUT2D eigenvalue weighted by atomic mass is 9.95. The SMILES string of the molecule is CCCCn1c(C)c(C(N)=O)c(-c2ccc(-c3ccccc3)cc2)c1CCC(=O)OC. The minimum atomic E-state index is -0.450. The molecule has 0 aliphatic heterocycles. The predicted octanol–water partition coefficient (Wildman–Crippen LogP) is 5.14. The number of carbonyl (C=O) groups excluding carboxylic acids is 2. The Hall–Kier alpha value is -3.34. The van der Waals surface area contributed by atoms with E-state index in [0.717, 1.165) is 53.0 Å². The maximum absolute atomic E-state index is 12.5. The lowest BCUT2D eigenvalue weighted by Crippen LogP contribution is -2.13. The van der Waals surface area contributed by atoms with Crippen LogP contribution in [0.1, 0.15) is 47.9 Å². The Bertz CT molecular complexity index is 1050. The molecule has 31 heavy (non-hydrogen) atoms. The Morgan fingerprint density at radius 3 is 2.16 bits per heavy atom. The summed E-state index contributed by atoms with van der Waals surface area (Å²) in [5.41, 5.74) is 12.1. The van der Waals surface area contributed by atoms with Crippen LogP contribution in [0, 0.1) is 6.92 Å². The van der Waals surface area contributed by atoms with Gasteiger partial charge in [-0.1, -0.05) is 67.9 Å². The van der Waals surface area contributed by atoms with Crippen molar-refractivity contribution >= 4 is 11.9 Å². The monoisotopic (exact) mass is 418 g/mol. The van der Waals surface area contributed by atoms with E-state index in [9.17, 15) is 9.59 Å². The fourth-order valence-corrected chi connectivity index (χ4v) is 4.07. The minimum absolute atomic E-state index is 0.249. The van der Waals surface area contributed by atoms with Crippen molar-refractivity contribution < 1.29 is 14.3 Å². The summed E-state index contributed by atoms with van der Waals surface area (Å²) in [7, 11) is 1.39. The number of methoxy groups -OCH3 is 1. The molecule has 0 aliphatic rings. The van der Waals surface area contributed by atoms with Crippen LogP contribution < -0.4 is 5.73 Å². The topological polar surface area (TPSA) is 74.3 Å². The van der Waals surface area contributed by atoms with E-state index < -0.39 is 5.91 Å². The molecule has 0 atom stereocenters. The maximum Gasteiger partial charge on any atom is 0.305 e. The van der Waals surface area contributed by atoms with Crippen molar-refractivity contribution in [3.63, 3.8) is 0 Å². The molecule has 162 valence electrons. The average molecular weight is 419 g/mol. The number of nitrogens with two attached hydrogens (primary N) is 1. The number of hydrogen-bond acceptors (Lipinski definition) is 3. The normalized spacial score (nSPS) is 10.8. The highest BCUT2D eigenvalue weighted by Crippen LogP contribution is 2.35. The molecule has 1 amide bonds. The van der Waals surface area contributed by atoms with Gasteiger partial charge in [-0.2, -0.15) is 0 Å². The van der Waals surface area contributed by atoms with Gasteiger partial charge in [-0.3, -0.25) is 9.59 Å². The van der Waals surface area contributed by atoms with Gasteiger partial charge in [0.1, 0.15) is 0 Å². The van der Waals surface area contributed by atoms with Crippen LogP contribution in [0.3, 0.4) is 0 Å². The molecule has 3 rings (SSSR count). The number of benzene rings is 2. The largest absolute Gasteiger partial charge is 0.469 e. The van der Waals surface area contributed by atoms with Gasteiger partial charge >= 0.3 is 5.97 Å². The van der Waals surface area contributed by atoms with Crippen molar-refractivity contribution in [1.29, 1.82) is 0 Å². The van der Waals surface area contributed by atoms with Crippen molar-refractivity contribution in [2.75, 3.05) is 7.11 Å². The van der Waals surface area contributed by atoms with E-state index in [1.165, 1.54) is 7.11 Å². The molecule has 0 fully saturated rings.